The Morgan fingerprint density at radius 1 is 0.415 bits per heavy atom. The Bertz CT molecular complexity index is 1570. The first-order chi connectivity index (χ1) is 20.3. The Hall–Kier alpha value is -4.06. The molecule has 0 saturated heterocycles. The van der Waals surface area contributed by atoms with Crippen molar-refractivity contribution in [3.8, 4) is 0 Å². The predicted molar refractivity (Wildman–Crippen MR) is 180 cm³/mol. The SMILES string of the molecule is c1ccc(CN[P+](N=P(c2ccccc2)(c2ccccc2)c2ccccc2)(c2ccccc2)c2ccccc2)cc1. The average molecular weight is 568 g/mol. The van der Waals surface area contributed by atoms with Crippen LogP contribution in [0.5, 0.6) is 0 Å². The molecular weight excluding hydrogens is 534 g/mol. The van der Waals surface area contributed by atoms with Gasteiger partial charge in [-0.15, -0.1) is 4.52 Å². The largest absolute Gasteiger partial charge is 0.264 e. The van der Waals surface area contributed by atoms with Crippen molar-refractivity contribution in [1.29, 1.82) is 0 Å². The van der Waals surface area contributed by atoms with Crippen LogP contribution in [0.2, 0.25) is 0 Å². The molecule has 0 fully saturated rings. The van der Waals surface area contributed by atoms with Gasteiger partial charge in [-0.2, -0.15) is 5.09 Å². The molecule has 0 saturated carbocycles. The molecule has 0 atom stereocenters. The fourth-order valence-electron chi connectivity index (χ4n) is 5.29. The molecular formula is C37H33N2P2+. The van der Waals surface area contributed by atoms with Gasteiger partial charge in [-0.05, 0) is 29.8 Å². The number of hydrogen-bond acceptors (Lipinski definition) is 2. The zero-order valence-electron chi connectivity index (χ0n) is 22.9. The Kier molecular flexibility index (Phi) is 8.36. The van der Waals surface area contributed by atoms with E-state index in [1.54, 1.807) is 0 Å². The summed E-state index contributed by atoms with van der Waals surface area (Å²) in [5.74, 6) is 0. The molecule has 0 bridgehead atoms. The van der Waals surface area contributed by atoms with Gasteiger partial charge in [0.05, 0.1) is 6.54 Å². The molecule has 0 aromatic heterocycles. The molecule has 2 nitrogen and oxygen atoms in total. The minimum atomic E-state index is -2.56. The lowest BCUT2D eigenvalue weighted by atomic mass is 10.2. The summed E-state index contributed by atoms with van der Waals surface area (Å²) in [4.78, 5) is 0. The second kappa shape index (κ2) is 12.6. The van der Waals surface area contributed by atoms with E-state index in [2.05, 4.69) is 187 Å². The smallest absolute Gasteiger partial charge is 0.157 e. The molecule has 41 heavy (non-hydrogen) atoms. The van der Waals surface area contributed by atoms with E-state index in [-0.39, 0.29) is 0 Å². The normalized spacial score (nSPS) is 11.6. The van der Waals surface area contributed by atoms with Gasteiger partial charge in [-0.1, -0.05) is 158 Å². The van der Waals surface area contributed by atoms with Gasteiger partial charge in [0.1, 0.15) is 17.7 Å². The third-order valence-corrected chi connectivity index (χ3v) is 15.3. The van der Waals surface area contributed by atoms with Crippen molar-refractivity contribution >= 4 is 41.1 Å². The van der Waals surface area contributed by atoms with E-state index in [0.717, 1.165) is 0 Å². The van der Waals surface area contributed by atoms with Gasteiger partial charge in [0.25, 0.3) is 7.56 Å². The highest BCUT2D eigenvalue weighted by Crippen LogP contribution is 2.64. The van der Waals surface area contributed by atoms with Crippen LogP contribution in [0.4, 0.5) is 0 Å². The maximum atomic E-state index is 6.32. The molecule has 0 heterocycles. The maximum Gasteiger partial charge on any atom is 0.264 e. The van der Waals surface area contributed by atoms with E-state index in [1.807, 2.05) is 0 Å². The summed E-state index contributed by atoms with van der Waals surface area (Å²) in [6.45, 7) is 0.709. The lowest BCUT2D eigenvalue weighted by Crippen LogP contribution is -2.34. The Labute approximate surface area is 244 Å². The molecule has 0 aliphatic carbocycles. The lowest BCUT2D eigenvalue weighted by Gasteiger charge is -2.31. The summed E-state index contributed by atoms with van der Waals surface area (Å²) in [6.07, 6.45) is 0. The fourth-order valence-corrected chi connectivity index (χ4v) is 14.2. The van der Waals surface area contributed by atoms with Crippen LogP contribution in [0.25, 0.3) is 0 Å². The zero-order valence-corrected chi connectivity index (χ0v) is 24.7. The fraction of sp³-hybridized carbons (Fsp3) is 0.0270. The van der Waals surface area contributed by atoms with Crippen molar-refractivity contribution in [3.63, 3.8) is 0 Å². The third kappa shape index (κ3) is 5.61. The number of benzene rings is 6. The highest BCUT2D eigenvalue weighted by molar-refractivity contribution is 7.97. The van der Waals surface area contributed by atoms with Crippen molar-refractivity contribution in [2.75, 3.05) is 0 Å². The highest BCUT2D eigenvalue weighted by Gasteiger charge is 2.47. The molecule has 0 aliphatic rings. The summed E-state index contributed by atoms with van der Waals surface area (Å²) in [5, 5.41) is 10.3. The maximum absolute atomic E-state index is 6.32. The summed E-state index contributed by atoms with van der Waals surface area (Å²) in [6, 6.07) is 65.1. The minimum absolute atomic E-state index is 0.709. The Balaban J connectivity index is 1.76. The number of hydrogen-bond donors (Lipinski definition) is 1. The molecule has 1 N–H and O–H groups in total. The van der Waals surface area contributed by atoms with Crippen LogP contribution in [0.3, 0.4) is 0 Å². The predicted octanol–water partition coefficient (Wildman–Crippen LogP) is 7.45. The first kappa shape index (κ1) is 27.1. The van der Waals surface area contributed by atoms with Crippen molar-refractivity contribution in [1.82, 2.24) is 5.09 Å². The van der Waals surface area contributed by atoms with E-state index in [1.165, 1.54) is 32.1 Å². The summed E-state index contributed by atoms with van der Waals surface area (Å²) in [7, 11) is -5.07. The van der Waals surface area contributed by atoms with Gasteiger partial charge >= 0.3 is 0 Å². The van der Waals surface area contributed by atoms with E-state index >= 15 is 0 Å². The van der Waals surface area contributed by atoms with Crippen LogP contribution in [-0.2, 0) is 6.54 Å². The second-order valence-electron chi connectivity index (χ2n) is 9.86. The van der Waals surface area contributed by atoms with Crippen molar-refractivity contribution in [2.24, 2.45) is 4.52 Å². The first-order valence-electron chi connectivity index (χ1n) is 13.9. The molecule has 6 rings (SSSR count). The molecule has 0 unspecified atom stereocenters. The highest BCUT2D eigenvalue weighted by atomic mass is 31.2. The number of rotatable bonds is 9. The monoisotopic (exact) mass is 567 g/mol. The summed E-state index contributed by atoms with van der Waals surface area (Å²) < 4.78 is 6.32. The molecule has 0 radical (unpaired) electrons. The van der Waals surface area contributed by atoms with Crippen LogP contribution in [0.1, 0.15) is 5.56 Å². The van der Waals surface area contributed by atoms with Gasteiger partial charge < -0.3 is 0 Å². The summed E-state index contributed by atoms with van der Waals surface area (Å²) in [5.41, 5.74) is 1.24. The first-order valence-corrected chi connectivity index (χ1v) is 17.4. The van der Waals surface area contributed by atoms with Crippen LogP contribution in [0.15, 0.2) is 187 Å². The Morgan fingerprint density at radius 2 is 0.732 bits per heavy atom. The van der Waals surface area contributed by atoms with Gasteiger partial charge in [0, 0.05) is 15.9 Å². The summed E-state index contributed by atoms with van der Waals surface area (Å²) >= 11 is 0. The topological polar surface area (TPSA) is 24.4 Å². The average Bonchev–Trinajstić information content (AvgIpc) is 3.08. The van der Waals surface area contributed by atoms with Gasteiger partial charge in [-0.25, -0.2) is 0 Å². The second-order valence-corrected chi connectivity index (χ2v) is 16.0. The van der Waals surface area contributed by atoms with Crippen LogP contribution >= 0.6 is 14.6 Å². The molecule has 0 aliphatic heterocycles. The van der Waals surface area contributed by atoms with Crippen LogP contribution in [0, 0.1) is 0 Å². The van der Waals surface area contributed by atoms with Crippen molar-refractivity contribution in [3.05, 3.63) is 188 Å². The number of nitrogens with zero attached hydrogens (tertiary/aromatic N) is 1. The quantitative estimate of drug-likeness (QED) is 0.180. The van der Waals surface area contributed by atoms with E-state index < -0.39 is 14.6 Å². The van der Waals surface area contributed by atoms with E-state index in [9.17, 15) is 0 Å². The molecule has 4 heteroatoms. The van der Waals surface area contributed by atoms with E-state index in [4.69, 9.17) is 4.52 Å². The van der Waals surface area contributed by atoms with Gasteiger partial charge in [0.15, 0.2) is 0 Å². The van der Waals surface area contributed by atoms with Crippen LogP contribution in [-0.4, -0.2) is 0 Å². The van der Waals surface area contributed by atoms with Crippen molar-refractivity contribution in [2.45, 2.75) is 6.54 Å². The number of nitrogens with one attached hydrogen (secondary N) is 1. The molecule has 0 amide bonds. The standard InChI is InChI=1S/C37H33N2P2/c1-7-19-32(20-8-1)31-38-41(36-27-15-5-16-28-36,37-29-17-6-18-30-37)39-40(33-21-9-2-10-22-33,34-23-11-3-12-24-34)35-25-13-4-14-26-35/h1-30,38H,31H2/q+1. The minimum Gasteiger partial charge on any atom is -0.157 e. The zero-order chi connectivity index (χ0) is 27.8. The van der Waals surface area contributed by atoms with Gasteiger partial charge in [-0.3, -0.25) is 0 Å². The molecule has 200 valence electrons. The molecule has 6 aromatic carbocycles. The molecule has 0 spiro atoms. The van der Waals surface area contributed by atoms with Gasteiger partial charge in [0.2, 0.25) is 0 Å². The third-order valence-electron chi connectivity index (χ3n) is 7.27. The van der Waals surface area contributed by atoms with Crippen molar-refractivity contribution < 1.29 is 0 Å². The lowest BCUT2D eigenvalue weighted by molar-refractivity contribution is 0.955. The van der Waals surface area contributed by atoms with E-state index in [0.29, 0.717) is 6.54 Å². The van der Waals surface area contributed by atoms with Crippen LogP contribution < -0.4 is 31.6 Å². The Morgan fingerprint density at radius 3 is 1.10 bits per heavy atom. The molecule has 6 aromatic rings.